The van der Waals surface area contributed by atoms with E-state index in [1.165, 1.54) is 5.56 Å². The number of nitrogens with zero attached hydrogens (tertiary/aromatic N) is 2. The first kappa shape index (κ1) is 18.3. The Hall–Kier alpha value is -3.11. The molecule has 28 heavy (non-hydrogen) atoms. The molecular weight excluding hydrogens is 370 g/mol. The van der Waals surface area contributed by atoms with Crippen LogP contribution in [0.2, 0.25) is 5.02 Å². The lowest BCUT2D eigenvalue weighted by Crippen LogP contribution is -2.13. The highest BCUT2D eigenvalue weighted by molar-refractivity contribution is 6.30. The summed E-state index contributed by atoms with van der Waals surface area (Å²) >= 11 is 6.23. The van der Waals surface area contributed by atoms with Gasteiger partial charge in [-0.1, -0.05) is 61.0 Å². The quantitative estimate of drug-likeness (QED) is 0.429. The van der Waals surface area contributed by atoms with Crippen LogP contribution in [-0.2, 0) is 6.42 Å². The Morgan fingerprint density at radius 2 is 1.75 bits per heavy atom. The van der Waals surface area contributed by atoms with Crippen molar-refractivity contribution < 1.29 is 4.42 Å². The highest BCUT2D eigenvalue weighted by Crippen LogP contribution is 2.30. The van der Waals surface area contributed by atoms with Crippen molar-refractivity contribution in [2.24, 2.45) is 0 Å². The van der Waals surface area contributed by atoms with E-state index in [2.05, 4.69) is 34.6 Å². The summed E-state index contributed by atoms with van der Waals surface area (Å²) in [6, 6.07) is 25.4. The summed E-state index contributed by atoms with van der Waals surface area (Å²) in [7, 11) is 0. The second kappa shape index (κ2) is 8.28. The van der Waals surface area contributed by atoms with Crippen molar-refractivity contribution in [1.82, 2.24) is 10.2 Å². The number of nitrogens with one attached hydrogen (secondary N) is 1. The lowest BCUT2D eigenvalue weighted by molar-refractivity contribution is 0.494. The Morgan fingerprint density at radius 3 is 2.54 bits per heavy atom. The smallest absolute Gasteiger partial charge is 0.247 e. The molecule has 4 rings (SSSR count). The standard InChI is InChI=1S/C23H20ClN3O/c1-2-16-8-6-13-20(14-16)25-21(18-11-7-12-19(24)15-18)23-27-26-22(28-23)17-9-4-3-5-10-17/h3-15,21,25H,2H2,1H3. The van der Waals surface area contributed by atoms with Gasteiger partial charge in [-0.3, -0.25) is 0 Å². The van der Waals surface area contributed by atoms with E-state index in [0.29, 0.717) is 16.8 Å². The zero-order chi connectivity index (χ0) is 19.3. The van der Waals surface area contributed by atoms with Gasteiger partial charge < -0.3 is 9.73 Å². The van der Waals surface area contributed by atoms with Crippen molar-refractivity contribution in [2.45, 2.75) is 19.4 Å². The van der Waals surface area contributed by atoms with Crippen molar-refractivity contribution >= 4 is 17.3 Å². The largest absolute Gasteiger partial charge is 0.418 e. The minimum atomic E-state index is -0.309. The molecule has 0 aliphatic heterocycles. The molecule has 0 spiro atoms. The zero-order valence-corrected chi connectivity index (χ0v) is 16.2. The average molecular weight is 390 g/mol. The summed E-state index contributed by atoms with van der Waals surface area (Å²) < 4.78 is 6.03. The molecule has 1 heterocycles. The Morgan fingerprint density at radius 1 is 0.929 bits per heavy atom. The Bertz CT molecular complexity index is 1060. The van der Waals surface area contributed by atoms with Crippen molar-refractivity contribution in [2.75, 3.05) is 5.32 Å². The van der Waals surface area contributed by atoms with Gasteiger partial charge in [0.2, 0.25) is 11.8 Å². The first-order valence-corrected chi connectivity index (χ1v) is 9.60. The van der Waals surface area contributed by atoms with Gasteiger partial charge in [-0.15, -0.1) is 10.2 Å². The van der Waals surface area contributed by atoms with E-state index in [0.717, 1.165) is 23.2 Å². The van der Waals surface area contributed by atoms with E-state index in [1.807, 2.05) is 66.7 Å². The van der Waals surface area contributed by atoms with E-state index < -0.39 is 0 Å². The van der Waals surface area contributed by atoms with Gasteiger partial charge in [0.05, 0.1) is 0 Å². The first-order chi connectivity index (χ1) is 13.7. The minimum Gasteiger partial charge on any atom is -0.418 e. The molecule has 140 valence electrons. The predicted molar refractivity (Wildman–Crippen MR) is 112 cm³/mol. The van der Waals surface area contributed by atoms with Crippen LogP contribution in [0.4, 0.5) is 5.69 Å². The molecule has 0 amide bonds. The van der Waals surface area contributed by atoms with E-state index >= 15 is 0 Å². The molecule has 1 N–H and O–H groups in total. The normalized spacial score (nSPS) is 11.9. The molecule has 0 fully saturated rings. The minimum absolute atomic E-state index is 0.309. The lowest BCUT2D eigenvalue weighted by Gasteiger charge is -2.18. The topological polar surface area (TPSA) is 51.0 Å². The number of aryl methyl sites for hydroxylation is 1. The SMILES string of the molecule is CCc1cccc(NC(c2cccc(Cl)c2)c2nnc(-c3ccccc3)o2)c1. The fourth-order valence-corrected chi connectivity index (χ4v) is 3.27. The summed E-state index contributed by atoms with van der Waals surface area (Å²) in [5.74, 6) is 0.981. The Labute approximate surface area is 169 Å². The van der Waals surface area contributed by atoms with Crippen molar-refractivity contribution in [1.29, 1.82) is 0 Å². The molecule has 1 aromatic heterocycles. The van der Waals surface area contributed by atoms with Gasteiger partial charge in [-0.25, -0.2) is 0 Å². The third kappa shape index (κ3) is 4.07. The molecule has 1 atom stereocenters. The number of benzene rings is 3. The molecule has 0 radical (unpaired) electrons. The summed E-state index contributed by atoms with van der Waals surface area (Å²) in [6.07, 6.45) is 0.968. The molecule has 1 unspecified atom stereocenters. The number of rotatable bonds is 6. The molecule has 0 saturated heterocycles. The van der Waals surface area contributed by atoms with Crippen LogP contribution in [-0.4, -0.2) is 10.2 Å². The van der Waals surface area contributed by atoms with Gasteiger partial charge in [0.25, 0.3) is 0 Å². The monoisotopic (exact) mass is 389 g/mol. The fourth-order valence-electron chi connectivity index (χ4n) is 3.07. The second-order valence-electron chi connectivity index (χ2n) is 6.50. The molecule has 4 aromatic rings. The third-order valence-corrected chi connectivity index (χ3v) is 4.77. The van der Waals surface area contributed by atoms with E-state index in [9.17, 15) is 0 Å². The number of hydrogen-bond donors (Lipinski definition) is 1. The molecule has 0 bridgehead atoms. The highest BCUT2D eigenvalue weighted by Gasteiger charge is 2.22. The number of aromatic nitrogens is 2. The van der Waals surface area contributed by atoms with Gasteiger partial charge in [-0.2, -0.15) is 0 Å². The van der Waals surface area contributed by atoms with Gasteiger partial charge in [-0.05, 0) is 53.9 Å². The predicted octanol–water partition coefficient (Wildman–Crippen LogP) is 6.15. The Kier molecular flexibility index (Phi) is 5.40. The summed E-state index contributed by atoms with van der Waals surface area (Å²) in [4.78, 5) is 0. The van der Waals surface area contributed by atoms with Crippen LogP contribution >= 0.6 is 11.6 Å². The molecule has 4 nitrogen and oxygen atoms in total. The van der Waals surface area contributed by atoms with Crippen LogP contribution < -0.4 is 5.32 Å². The molecule has 0 aliphatic rings. The number of hydrogen-bond acceptors (Lipinski definition) is 4. The maximum absolute atomic E-state index is 6.23. The van der Waals surface area contributed by atoms with Crippen LogP contribution in [0.3, 0.4) is 0 Å². The van der Waals surface area contributed by atoms with Gasteiger partial charge in [0.1, 0.15) is 6.04 Å². The van der Waals surface area contributed by atoms with E-state index in [1.54, 1.807) is 0 Å². The van der Waals surface area contributed by atoms with Crippen molar-refractivity contribution in [3.05, 3.63) is 101 Å². The number of halogens is 1. The number of anilines is 1. The second-order valence-corrected chi connectivity index (χ2v) is 6.93. The van der Waals surface area contributed by atoms with Gasteiger partial charge in [0, 0.05) is 16.3 Å². The molecule has 0 aliphatic carbocycles. The van der Waals surface area contributed by atoms with Crippen LogP contribution in [0, 0.1) is 0 Å². The molecule has 5 heteroatoms. The molecule has 3 aromatic carbocycles. The van der Waals surface area contributed by atoms with Crippen LogP contribution in [0.15, 0.2) is 83.3 Å². The van der Waals surface area contributed by atoms with Crippen molar-refractivity contribution in [3.8, 4) is 11.5 Å². The maximum Gasteiger partial charge on any atom is 0.247 e. The molecular formula is C23H20ClN3O. The van der Waals surface area contributed by atoms with E-state index in [4.69, 9.17) is 16.0 Å². The average Bonchev–Trinajstić information content (AvgIpc) is 3.23. The van der Waals surface area contributed by atoms with Gasteiger partial charge in [0.15, 0.2) is 0 Å². The van der Waals surface area contributed by atoms with E-state index in [-0.39, 0.29) is 6.04 Å². The summed E-state index contributed by atoms with van der Waals surface area (Å²) in [6.45, 7) is 2.14. The molecule has 0 saturated carbocycles. The first-order valence-electron chi connectivity index (χ1n) is 9.22. The van der Waals surface area contributed by atoms with Gasteiger partial charge >= 0.3 is 0 Å². The van der Waals surface area contributed by atoms with Crippen LogP contribution in [0.5, 0.6) is 0 Å². The highest BCUT2D eigenvalue weighted by atomic mass is 35.5. The third-order valence-electron chi connectivity index (χ3n) is 4.54. The van der Waals surface area contributed by atoms with Crippen LogP contribution in [0.1, 0.15) is 30.0 Å². The van der Waals surface area contributed by atoms with Crippen LogP contribution in [0.25, 0.3) is 11.5 Å². The Balaban J connectivity index is 1.72. The summed E-state index contributed by atoms with van der Waals surface area (Å²) in [5, 5.41) is 12.7. The fraction of sp³-hybridized carbons (Fsp3) is 0.130. The summed E-state index contributed by atoms with van der Waals surface area (Å²) in [5.41, 5.74) is 4.09. The lowest BCUT2D eigenvalue weighted by atomic mass is 10.1. The zero-order valence-electron chi connectivity index (χ0n) is 15.5. The van der Waals surface area contributed by atoms with Crippen molar-refractivity contribution in [3.63, 3.8) is 0 Å². The maximum atomic E-state index is 6.23.